The van der Waals surface area contributed by atoms with Crippen LogP contribution in [0.15, 0.2) is 400 Å². The number of hydrogen-bond donors (Lipinski definition) is 0. The van der Waals surface area contributed by atoms with Crippen molar-refractivity contribution in [1.29, 1.82) is 0 Å². The van der Waals surface area contributed by atoms with Gasteiger partial charge in [-0.1, -0.05) is 194 Å². The molecule has 0 radical (unpaired) electrons. The van der Waals surface area contributed by atoms with E-state index in [-0.39, 0.29) is 0 Å². The third kappa shape index (κ3) is 11.6. The molecule has 0 saturated heterocycles. The van der Waals surface area contributed by atoms with Crippen LogP contribution in [0.2, 0.25) is 0 Å². The lowest BCUT2D eigenvalue weighted by molar-refractivity contribution is 0.522. The van der Waals surface area contributed by atoms with E-state index >= 15 is 0 Å². The van der Waals surface area contributed by atoms with Crippen molar-refractivity contribution in [3.05, 3.63) is 405 Å². The molecule has 1 unspecified atom stereocenters. The maximum absolute atomic E-state index is 2.57. The zero-order chi connectivity index (χ0) is 60.3. The normalized spacial score (nSPS) is 13.5. The zero-order valence-electron chi connectivity index (χ0n) is 49.8. The average Bonchev–Trinajstić information content (AvgIpc) is 0.811. The van der Waals surface area contributed by atoms with Gasteiger partial charge in [-0.05, 0) is 200 Å². The molecule has 14 rings (SSSR count). The van der Waals surface area contributed by atoms with E-state index < -0.39 is 5.54 Å². The molecule has 0 heterocycles. The monoisotopic (exact) mass is 1160 g/mol. The first-order valence-electron chi connectivity index (χ1n) is 30.7. The molecule has 90 heavy (non-hydrogen) atoms. The molecule has 1 aliphatic carbocycles. The van der Waals surface area contributed by atoms with Crippen LogP contribution in [-0.4, -0.2) is 0 Å². The van der Waals surface area contributed by atoms with Gasteiger partial charge in [-0.3, -0.25) is 0 Å². The average molecular weight is 1160 g/mol. The van der Waals surface area contributed by atoms with Gasteiger partial charge in [0.25, 0.3) is 0 Å². The second-order valence-corrected chi connectivity index (χ2v) is 22.3. The molecular formula is C84H66N6. The molecule has 6 heteroatoms. The Labute approximate surface area is 528 Å². The van der Waals surface area contributed by atoms with E-state index in [0.717, 1.165) is 102 Å². The third-order valence-corrected chi connectivity index (χ3v) is 16.6. The smallest absolute Gasteiger partial charge is 0.0963 e. The highest BCUT2D eigenvalue weighted by atomic mass is 15.3. The topological polar surface area (TPSA) is 19.4 Å². The third-order valence-electron chi connectivity index (χ3n) is 16.6. The Kier molecular flexibility index (Phi) is 16.2. The van der Waals surface area contributed by atoms with Crippen LogP contribution in [0.25, 0.3) is 0 Å². The van der Waals surface area contributed by atoms with Crippen molar-refractivity contribution in [2.45, 2.75) is 12.0 Å². The summed E-state index contributed by atoms with van der Waals surface area (Å²) in [7, 11) is 0. The first-order valence-corrected chi connectivity index (χ1v) is 30.7. The Morgan fingerprint density at radius 2 is 0.389 bits per heavy atom. The molecule has 6 nitrogen and oxygen atoms in total. The van der Waals surface area contributed by atoms with E-state index in [1.807, 2.05) is 0 Å². The largest absolute Gasteiger partial charge is 0.327 e. The fraction of sp³-hybridized carbons (Fsp3) is 0.0238. The molecular weight excluding hydrogens is 1090 g/mol. The summed E-state index contributed by atoms with van der Waals surface area (Å²) >= 11 is 0. The number of anilines is 15. The van der Waals surface area contributed by atoms with Crippen LogP contribution >= 0.6 is 0 Å². The second kappa shape index (κ2) is 26.0. The summed E-state index contributed by atoms with van der Waals surface area (Å²) in [6.45, 7) is 0. The lowest BCUT2D eigenvalue weighted by Crippen LogP contribution is -2.46. The minimum absolute atomic E-state index is 0.554. The van der Waals surface area contributed by atoms with Gasteiger partial charge in [0.1, 0.15) is 0 Å². The van der Waals surface area contributed by atoms with E-state index in [1.165, 1.54) is 0 Å². The molecule has 0 bridgehead atoms. The first-order chi connectivity index (χ1) is 44.6. The lowest BCUT2D eigenvalue weighted by atomic mass is 9.78. The Morgan fingerprint density at radius 3 is 0.689 bits per heavy atom. The molecule has 0 aromatic heterocycles. The lowest BCUT2D eigenvalue weighted by Gasteiger charge is -2.49. The van der Waals surface area contributed by atoms with E-state index in [2.05, 4.69) is 418 Å². The van der Waals surface area contributed by atoms with E-state index in [0.29, 0.717) is 6.42 Å². The molecule has 0 fully saturated rings. The van der Waals surface area contributed by atoms with Gasteiger partial charge in [0.2, 0.25) is 0 Å². The summed E-state index contributed by atoms with van der Waals surface area (Å²) in [6.07, 6.45) is 5.50. The summed E-state index contributed by atoms with van der Waals surface area (Å²) in [5, 5.41) is 0. The highest BCUT2D eigenvalue weighted by Crippen LogP contribution is 2.52. The van der Waals surface area contributed by atoms with Crippen LogP contribution in [0.5, 0.6) is 0 Å². The predicted molar refractivity (Wildman–Crippen MR) is 378 cm³/mol. The summed E-state index contributed by atoms with van der Waals surface area (Å²) in [4.78, 5) is 14.4. The molecule has 432 valence electrons. The number of para-hydroxylation sites is 9. The summed E-state index contributed by atoms with van der Waals surface area (Å²) < 4.78 is 0. The SMILES string of the molecule is C1=C(N(c2ccccc2)c2ccc(N(c3ccccc3)c3ccccc3)cc2)C=C(N(c2ccccc2)c2ccc(N(c3ccccc3)c3ccccc3)cc2)CC1(c1ccccc1)N(c1ccccc1)c1ccc(N(c2ccccc2)c2ccccc2)cc1. The number of nitrogens with zero attached hydrogens (tertiary/aromatic N) is 6. The van der Waals surface area contributed by atoms with Gasteiger partial charge in [0.15, 0.2) is 0 Å². The number of hydrogen-bond acceptors (Lipinski definition) is 6. The van der Waals surface area contributed by atoms with Gasteiger partial charge >= 0.3 is 0 Å². The van der Waals surface area contributed by atoms with Gasteiger partial charge in [-0.15, -0.1) is 0 Å². The Hall–Kier alpha value is -11.9. The molecule has 13 aromatic rings. The molecule has 1 atom stereocenters. The van der Waals surface area contributed by atoms with E-state index in [4.69, 9.17) is 0 Å². The van der Waals surface area contributed by atoms with Crippen molar-refractivity contribution in [2.75, 3.05) is 29.4 Å². The van der Waals surface area contributed by atoms with Crippen LogP contribution in [0.4, 0.5) is 85.3 Å². The number of benzene rings is 13. The van der Waals surface area contributed by atoms with E-state index in [1.54, 1.807) is 0 Å². The summed E-state index contributed by atoms with van der Waals surface area (Å²) in [6, 6.07) is 135. The molecule has 13 aromatic carbocycles. The summed E-state index contributed by atoms with van der Waals surface area (Å²) in [5.74, 6) is 0. The van der Waals surface area contributed by atoms with Gasteiger partial charge in [0, 0.05) is 103 Å². The van der Waals surface area contributed by atoms with Crippen molar-refractivity contribution in [3.63, 3.8) is 0 Å². The van der Waals surface area contributed by atoms with Crippen molar-refractivity contribution in [3.8, 4) is 0 Å². The minimum Gasteiger partial charge on any atom is -0.327 e. The highest BCUT2D eigenvalue weighted by Gasteiger charge is 2.44. The fourth-order valence-electron chi connectivity index (χ4n) is 12.6. The van der Waals surface area contributed by atoms with E-state index in [9.17, 15) is 0 Å². The van der Waals surface area contributed by atoms with Crippen molar-refractivity contribution in [2.24, 2.45) is 0 Å². The van der Waals surface area contributed by atoms with Crippen LogP contribution in [0, 0.1) is 0 Å². The molecule has 0 amide bonds. The maximum Gasteiger partial charge on any atom is 0.0963 e. The van der Waals surface area contributed by atoms with Gasteiger partial charge in [-0.25, -0.2) is 0 Å². The standard InChI is InChI=1S/C84H66N6/c1-11-31-66(32-12-1)84(90(80-49-29-10-30-50-80)81-61-59-77(60-62-81)87(71-41-21-6-22-42-71)72-43-23-7-24-44-72)64-82(88(73-45-25-8-26-46-73)78-55-51-75(52-56-78)85(67-33-13-2-14-34-67)68-35-15-3-16-36-68)63-83(65-84)89(74-47-27-9-28-48-74)79-57-53-76(54-58-79)86(69-37-17-4-18-38-69)70-39-19-5-20-40-70/h1-64H,65H2. The van der Waals surface area contributed by atoms with Gasteiger partial charge in [0.05, 0.1) is 5.54 Å². The Bertz CT molecular complexity index is 4330. The van der Waals surface area contributed by atoms with Crippen molar-refractivity contribution in [1.82, 2.24) is 0 Å². The van der Waals surface area contributed by atoms with Crippen LogP contribution in [0.3, 0.4) is 0 Å². The van der Waals surface area contributed by atoms with Crippen LogP contribution in [0.1, 0.15) is 12.0 Å². The number of rotatable bonds is 19. The molecule has 0 saturated carbocycles. The quantitative estimate of drug-likeness (QED) is 0.0798. The highest BCUT2D eigenvalue weighted by molar-refractivity contribution is 5.84. The Morgan fingerprint density at radius 1 is 0.189 bits per heavy atom. The van der Waals surface area contributed by atoms with Gasteiger partial charge in [-0.2, -0.15) is 0 Å². The van der Waals surface area contributed by atoms with Crippen molar-refractivity contribution < 1.29 is 0 Å². The van der Waals surface area contributed by atoms with Crippen molar-refractivity contribution >= 4 is 85.3 Å². The second-order valence-electron chi connectivity index (χ2n) is 22.3. The van der Waals surface area contributed by atoms with Crippen LogP contribution in [-0.2, 0) is 5.54 Å². The van der Waals surface area contributed by atoms with Gasteiger partial charge < -0.3 is 29.4 Å². The molecule has 1 aliphatic rings. The molecule has 0 aliphatic heterocycles. The van der Waals surface area contributed by atoms with Crippen LogP contribution < -0.4 is 29.4 Å². The fourth-order valence-corrected chi connectivity index (χ4v) is 12.6. The Balaban J connectivity index is 0.995. The summed E-state index contributed by atoms with van der Waals surface area (Å²) in [5.41, 5.74) is 18.1. The first kappa shape index (κ1) is 56.0. The molecule has 0 N–H and O–H groups in total. The predicted octanol–water partition coefficient (Wildman–Crippen LogP) is 23.0. The maximum atomic E-state index is 2.57. The zero-order valence-corrected chi connectivity index (χ0v) is 49.8. The minimum atomic E-state index is -0.892. The number of allylic oxidation sites excluding steroid dienone is 1. The molecule has 0 spiro atoms.